The number of Topliss-reactive ketones (excluding diaryl/α,β-unsaturated/α-hetero) is 1. The zero-order chi connectivity index (χ0) is 25.1. The van der Waals surface area contributed by atoms with Crippen LogP contribution in [-0.2, 0) is 16.6 Å². The Kier molecular flexibility index (Phi) is 6.02. The molecule has 2 bridgehead atoms. The summed E-state index contributed by atoms with van der Waals surface area (Å²) in [5, 5.41) is 12.4. The summed E-state index contributed by atoms with van der Waals surface area (Å²) in [5.41, 5.74) is 11.5. The molecule has 1 aromatic rings. The largest absolute Gasteiger partial charge is 0.477 e. The number of amides is 1. The van der Waals surface area contributed by atoms with E-state index in [1.807, 2.05) is 6.07 Å². The summed E-state index contributed by atoms with van der Waals surface area (Å²) in [5.74, 6) is 1.54. The number of rotatable bonds is 9. The molecule has 1 amide bonds. The van der Waals surface area contributed by atoms with E-state index >= 15 is 0 Å². The highest BCUT2D eigenvalue weighted by molar-refractivity contribution is 5.90. The summed E-state index contributed by atoms with van der Waals surface area (Å²) in [6, 6.07) is 3.77. The van der Waals surface area contributed by atoms with Gasteiger partial charge in [-0.25, -0.2) is 4.79 Å². The fourth-order valence-corrected chi connectivity index (χ4v) is 7.35. The molecule has 1 saturated heterocycles. The van der Waals surface area contributed by atoms with Gasteiger partial charge in [-0.3, -0.25) is 9.69 Å². The molecule has 9 heteroatoms. The number of carbonyl (C=O) groups is 2. The van der Waals surface area contributed by atoms with Crippen molar-refractivity contribution in [2.24, 2.45) is 17.4 Å². The lowest BCUT2D eigenvalue weighted by molar-refractivity contribution is -0.188. The highest BCUT2D eigenvalue weighted by Gasteiger charge is 2.73. The van der Waals surface area contributed by atoms with Crippen molar-refractivity contribution in [2.45, 2.75) is 74.5 Å². The second kappa shape index (κ2) is 8.97. The Labute approximate surface area is 212 Å². The summed E-state index contributed by atoms with van der Waals surface area (Å²) < 4.78 is 12.3. The number of nitrogens with zero attached hydrogens (tertiary/aromatic N) is 2. The molecule has 6 rings (SSSR count). The summed E-state index contributed by atoms with van der Waals surface area (Å²) in [6.07, 6.45) is 4.79. The quantitative estimate of drug-likeness (QED) is 0.465. The number of piperidine rings is 1. The molecule has 0 aromatic heterocycles. The SMILES string of the molecule is NCCCN(CCCN)C(=O)Oc1ccc2c3c1O[C@H]1C(=O)CC[C@@]4(O)[C@@H](C2)N(CC2CC2)CC[C@]314. The molecule has 2 saturated carbocycles. The van der Waals surface area contributed by atoms with Gasteiger partial charge in [-0.2, -0.15) is 0 Å². The van der Waals surface area contributed by atoms with Gasteiger partial charge in [-0.05, 0) is 82.1 Å². The summed E-state index contributed by atoms with van der Waals surface area (Å²) in [4.78, 5) is 30.5. The van der Waals surface area contributed by atoms with Gasteiger partial charge in [-0.1, -0.05) is 6.07 Å². The predicted octanol–water partition coefficient (Wildman–Crippen LogP) is 1.32. The van der Waals surface area contributed by atoms with Gasteiger partial charge < -0.3 is 30.9 Å². The minimum atomic E-state index is -1.03. The van der Waals surface area contributed by atoms with Gasteiger partial charge in [0.25, 0.3) is 0 Å². The first kappa shape index (κ1) is 24.2. The van der Waals surface area contributed by atoms with E-state index in [1.54, 1.807) is 11.0 Å². The number of hydrogen-bond acceptors (Lipinski definition) is 8. The van der Waals surface area contributed by atoms with Crippen molar-refractivity contribution >= 4 is 11.9 Å². The zero-order valence-electron chi connectivity index (χ0n) is 20.9. The number of benzene rings is 1. The van der Waals surface area contributed by atoms with E-state index in [4.69, 9.17) is 20.9 Å². The molecule has 2 heterocycles. The second-order valence-electron chi connectivity index (χ2n) is 11.3. The lowest BCUT2D eigenvalue weighted by Crippen LogP contribution is -2.76. The van der Waals surface area contributed by atoms with Crippen LogP contribution in [-0.4, -0.2) is 83.8 Å². The molecular formula is C27H38N4O5. The van der Waals surface area contributed by atoms with Crippen LogP contribution in [0, 0.1) is 5.92 Å². The van der Waals surface area contributed by atoms with Gasteiger partial charge in [0, 0.05) is 37.7 Å². The van der Waals surface area contributed by atoms with Crippen LogP contribution in [0.15, 0.2) is 12.1 Å². The first-order valence-corrected chi connectivity index (χ1v) is 13.6. The van der Waals surface area contributed by atoms with Crippen LogP contribution in [0.5, 0.6) is 11.5 Å². The molecule has 36 heavy (non-hydrogen) atoms. The molecule has 0 radical (unpaired) electrons. The van der Waals surface area contributed by atoms with Crippen LogP contribution in [0.2, 0.25) is 0 Å². The van der Waals surface area contributed by atoms with Gasteiger partial charge >= 0.3 is 6.09 Å². The number of likely N-dealkylation sites (tertiary alicyclic amines) is 1. The average molecular weight is 499 g/mol. The zero-order valence-corrected chi connectivity index (χ0v) is 20.9. The third kappa shape index (κ3) is 3.50. The summed E-state index contributed by atoms with van der Waals surface area (Å²) in [6.45, 7) is 3.78. The van der Waals surface area contributed by atoms with E-state index in [0.717, 1.165) is 30.1 Å². The Hall–Kier alpha value is -2.20. The topological polar surface area (TPSA) is 131 Å². The lowest BCUT2D eigenvalue weighted by atomic mass is 9.49. The van der Waals surface area contributed by atoms with Crippen LogP contribution in [0.4, 0.5) is 4.79 Å². The van der Waals surface area contributed by atoms with Crippen molar-refractivity contribution in [3.05, 3.63) is 23.3 Å². The van der Waals surface area contributed by atoms with Crippen LogP contribution in [0.3, 0.4) is 0 Å². The van der Waals surface area contributed by atoms with Gasteiger partial charge in [0.2, 0.25) is 0 Å². The van der Waals surface area contributed by atoms with Gasteiger partial charge in [0.05, 0.1) is 11.0 Å². The van der Waals surface area contributed by atoms with Crippen molar-refractivity contribution in [3.63, 3.8) is 0 Å². The maximum Gasteiger partial charge on any atom is 0.415 e. The van der Waals surface area contributed by atoms with E-state index in [0.29, 0.717) is 76.2 Å². The third-order valence-corrected chi connectivity index (χ3v) is 9.26. The summed E-state index contributed by atoms with van der Waals surface area (Å²) in [7, 11) is 0. The van der Waals surface area contributed by atoms with Crippen molar-refractivity contribution in [1.29, 1.82) is 0 Å². The number of ether oxygens (including phenoxy) is 2. The number of ketones is 1. The fraction of sp³-hybridized carbons (Fsp3) is 0.704. The Balaban J connectivity index is 1.36. The molecule has 4 atom stereocenters. The first-order valence-electron chi connectivity index (χ1n) is 13.6. The molecule has 3 fully saturated rings. The molecule has 9 nitrogen and oxygen atoms in total. The maximum absolute atomic E-state index is 13.2. The molecule has 1 aromatic carbocycles. The molecule has 3 aliphatic carbocycles. The monoisotopic (exact) mass is 498 g/mol. The Morgan fingerprint density at radius 1 is 1.19 bits per heavy atom. The predicted molar refractivity (Wildman–Crippen MR) is 133 cm³/mol. The Morgan fingerprint density at radius 3 is 2.64 bits per heavy atom. The fourth-order valence-electron chi connectivity index (χ4n) is 7.35. The van der Waals surface area contributed by atoms with Crippen LogP contribution in [0.25, 0.3) is 0 Å². The first-order chi connectivity index (χ1) is 17.4. The van der Waals surface area contributed by atoms with Crippen LogP contribution < -0.4 is 20.9 Å². The van der Waals surface area contributed by atoms with Crippen molar-refractivity contribution in [1.82, 2.24) is 9.80 Å². The van der Waals surface area contributed by atoms with Crippen molar-refractivity contribution in [3.8, 4) is 11.5 Å². The molecule has 0 unspecified atom stereocenters. The molecule has 1 spiro atoms. The number of nitrogens with two attached hydrogens (primary N) is 2. The Morgan fingerprint density at radius 2 is 1.94 bits per heavy atom. The molecule has 196 valence electrons. The average Bonchev–Trinajstić information content (AvgIpc) is 3.61. The van der Waals surface area contributed by atoms with E-state index in [-0.39, 0.29) is 11.8 Å². The third-order valence-electron chi connectivity index (χ3n) is 9.26. The van der Waals surface area contributed by atoms with E-state index in [2.05, 4.69) is 4.90 Å². The number of hydrogen-bond donors (Lipinski definition) is 3. The van der Waals surface area contributed by atoms with Crippen LogP contribution >= 0.6 is 0 Å². The van der Waals surface area contributed by atoms with Gasteiger partial charge in [0.15, 0.2) is 23.4 Å². The van der Waals surface area contributed by atoms with E-state index in [9.17, 15) is 14.7 Å². The number of carbonyl (C=O) groups excluding carboxylic acids is 2. The van der Waals surface area contributed by atoms with Crippen LogP contribution in [0.1, 0.15) is 56.1 Å². The van der Waals surface area contributed by atoms with Gasteiger partial charge in [-0.15, -0.1) is 0 Å². The van der Waals surface area contributed by atoms with Gasteiger partial charge in [0.1, 0.15) is 0 Å². The molecule has 2 aliphatic heterocycles. The van der Waals surface area contributed by atoms with Crippen molar-refractivity contribution in [2.75, 3.05) is 39.3 Å². The maximum atomic E-state index is 13.2. The minimum Gasteiger partial charge on any atom is -0.477 e. The lowest BCUT2D eigenvalue weighted by Gasteiger charge is -2.62. The number of aliphatic hydroxyl groups is 1. The van der Waals surface area contributed by atoms with Crippen molar-refractivity contribution < 1.29 is 24.2 Å². The van der Waals surface area contributed by atoms with E-state index < -0.39 is 23.2 Å². The summed E-state index contributed by atoms with van der Waals surface area (Å²) >= 11 is 0. The smallest absolute Gasteiger partial charge is 0.415 e. The van der Waals surface area contributed by atoms with E-state index in [1.165, 1.54) is 12.8 Å². The minimum absolute atomic E-state index is 0.0269. The molecule has 5 aliphatic rings. The highest BCUT2D eigenvalue weighted by atomic mass is 16.6. The molecule has 5 N–H and O–H groups in total. The molecular weight excluding hydrogens is 460 g/mol. The Bertz CT molecular complexity index is 1050. The highest BCUT2D eigenvalue weighted by Crippen LogP contribution is 2.65. The second-order valence-corrected chi connectivity index (χ2v) is 11.3. The normalized spacial score (nSPS) is 32.1. The standard InChI is InChI=1S/C27H38N4O5/c28-10-1-12-30(13-2-11-29)25(33)35-20-6-5-18-15-21-27(34)8-7-19(32)24-26(27,22(18)23(20)36-24)9-14-31(21)16-17-3-4-17/h5-6,17,21,24,34H,1-4,7-16,28-29H2/t21-,24+,26+,27-/m1/s1.